The molecule has 5 nitrogen and oxygen atoms in total. The fourth-order valence-electron chi connectivity index (χ4n) is 2.78. The van der Waals surface area contributed by atoms with Crippen LogP contribution < -0.4 is 0 Å². The Morgan fingerprint density at radius 3 is 2.44 bits per heavy atom. The zero-order valence-electron chi connectivity index (χ0n) is 15.0. The summed E-state index contributed by atoms with van der Waals surface area (Å²) in [7, 11) is 1.77. The van der Waals surface area contributed by atoms with Crippen LogP contribution in [0.3, 0.4) is 0 Å². The number of hydrogen-bond donors (Lipinski definition) is 0. The van der Waals surface area contributed by atoms with Crippen molar-refractivity contribution in [1.82, 2.24) is 9.80 Å². The molecule has 1 fully saturated rings. The van der Waals surface area contributed by atoms with E-state index in [0.717, 1.165) is 20.9 Å². The minimum absolute atomic E-state index is 0.0313. The van der Waals surface area contributed by atoms with E-state index >= 15 is 0 Å². The van der Waals surface area contributed by atoms with Gasteiger partial charge in [0.05, 0.1) is 5.56 Å². The largest absolute Gasteiger partial charge is 0.444 e. The second kappa shape index (κ2) is 8.24. The number of nitrogens with zero attached hydrogens (tertiary/aromatic N) is 2. The summed E-state index contributed by atoms with van der Waals surface area (Å²) >= 11 is 5.71. The summed E-state index contributed by atoms with van der Waals surface area (Å²) in [6.45, 7) is 6.85. The number of rotatable bonds is 2. The number of amides is 2. The molecule has 2 amide bonds. The van der Waals surface area contributed by atoms with Gasteiger partial charge < -0.3 is 14.5 Å². The maximum absolute atomic E-state index is 12.8. The van der Waals surface area contributed by atoms with Gasteiger partial charge in [-0.05, 0) is 84.3 Å². The maximum atomic E-state index is 12.8. The number of halogens is 2. The van der Waals surface area contributed by atoms with E-state index in [2.05, 4.69) is 38.5 Å². The molecule has 1 heterocycles. The molecule has 0 N–H and O–H groups in total. The third kappa shape index (κ3) is 5.32. The summed E-state index contributed by atoms with van der Waals surface area (Å²) in [4.78, 5) is 28.5. The van der Waals surface area contributed by atoms with Crippen molar-refractivity contribution in [3.05, 3.63) is 31.8 Å². The lowest BCUT2D eigenvalue weighted by molar-refractivity contribution is 0.0156. The van der Waals surface area contributed by atoms with Crippen LogP contribution in [0.15, 0.2) is 22.7 Å². The molecule has 0 saturated carbocycles. The first kappa shape index (κ1) is 20.5. The summed E-state index contributed by atoms with van der Waals surface area (Å²) in [6.07, 6.45) is 1.20. The normalized spacial score (nSPS) is 15.8. The quantitative estimate of drug-likeness (QED) is 0.536. The Labute approximate surface area is 171 Å². The molecule has 0 atom stereocenters. The van der Waals surface area contributed by atoms with Crippen molar-refractivity contribution in [2.45, 2.75) is 45.3 Å². The van der Waals surface area contributed by atoms with Gasteiger partial charge >= 0.3 is 6.09 Å². The summed E-state index contributed by atoms with van der Waals surface area (Å²) in [5, 5.41) is 0. The van der Waals surface area contributed by atoms with E-state index < -0.39 is 5.60 Å². The summed E-state index contributed by atoms with van der Waals surface area (Å²) in [6, 6.07) is 5.79. The molecule has 1 aliphatic heterocycles. The minimum atomic E-state index is -0.501. The third-order valence-electron chi connectivity index (χ3n) is 4.16. The molecule has 7 heteroatoms. The molecule has 0 unspecified atom stereocenters. The lowest BCUT2D eigenvalue weighted by Gasteiger charge is -2.37. The zero-order chi connectivity index (χ0) is 18.8. The highest BCUT2D eigenvalue weighted by atomic mass is 127. The van der Waals surface area contributed by atoms with Crippen molar-refractivity contribution >= 4 is 50.5 Å². The van der Waals surface area contributed by atoms with Crippen molar-refractivity contribution in [2.24, 2.45) is 0 Å². The van der Waals surface area contributed by atoms with E-state index in [4.69, 9.17) is 4.74 Å². The fourth-order valence-corrected chi connectivity index (χ4v) is 3.71. The molecule has 1 aliphatic rings. The van der Waals surface area contributed by atoms with Gasteiger partial charge in [-0.1, -0.05) is 6.07 Å². The third-order valence-corrected chi connectivity index (χ3v) is 6.66. The Bertz CT molecular complexity index is 652. The number of carbonyl (C=O) groups is 2. The van der Waals surface area contributed by atoms with Crippen LogP contribution in [0.5, 0.6) is 0 Å². The lowest BCUT2D eigenvalue weighted by Crippen LogP contribution is -2.48. The van der Waals surface area contributed by atoms with Crippen LogP contribution in [0.25, 0.3) is 0 Å². The Kier molecular flexibility index (Phi) is 6.75. The molecule has 2 rings (SSSR count). The van der Waals surface area contributed by atoms with Gasteiger partial charge in [0.2, 0.25) is 0 Å². The monoisotopic (exact) mass is 522 g/mol. The van der Waals surface area contributed by atoms with Gasteiger partial charge in [0.1, 0.15) is 5.60 Å². The Balaban J connectivity index is 1.96. The van der Waals surface area contributed by atoms with E-state index in [9.17, 15) is 9.59 Å². The van der Waals surface area contributed by atoms with Crippen LogP contribution >= 0.6 is 38.5 Å². The molecule has 1 saturated heterocycles. The molecule has 0 aliphatic carbocycles. The fraction of sp³-hybridized carbons (Fsp3) is 0.556. The van der Waals surface area contributed by atoms with Gasteiger partial charge in [-0.25, -0.2) is 4.79 Å². The van der Waals surface area contributed by atoms with E-state index in [1.807, 2.05) is 43.9 Å². The summed E-state index contributed by atoms with van der Waals surface area (Å²) in [5.74, 6) is 0.0313. The second-order valence-corrected chi connectivity index (χ2v) is 9.17. The predicted octanol–water partition coefficient (Wildman–Crippen LogP) is 4.53. The Hall–Kier alpha value is -0.830. The zero-order valence-corrected chi connectivity index (χ0v) is 18.8. The molecule has 25 heavy (non-hydrogen) atoms. The number of carbonyl (C=O) groups excluding carboxylic acids is 2. The smallest absolute Gasteiger partial charge is 0.410 e. The minimum Gasteiger partial charge on any atom is -0.444 e. The Morgan fingerprint density at radius 2 is 1.88 bits per heavy atom. The van der Waals surface area contributed by atoms with E-state index in [-0.39, 0.29) is 18.0 Å². The van der Waals surface area contributed by atoms with Gasteiger partial charge in [0, 0.05) is 34.2 Å². The molecule has 1 aromatic rings. The van der Waals surface area contributed by atoms with Crippen molar-refractivity contribution in [1.29, 1.82) is 0 Å². The standard InChI is InChI=1S/C18H24BrIN2O3/c1-18(2,3)25-17(24)21(4)12-8-10-22(11-9-12)16(23)13-6-5-7-14(20)15(13)19/h5-7,12H,8-11H2,1-4H3. The summed E-state index contributed by atoms with van der Waals surface area (Å²) < 4.78 is 7.28. The van der Waals surface area contributed by atoms with E-state index in [1.54, 1.807) is 11.9 Å². The van der Waals surface area contributed by atoms with Crippen LogP contribution in [0.1, 0.15) is 44.0 Å². The summed E-state index contributed by atoms with van der Waals surface area (Å²) in [5.41, 5.74) is 0.185. The number of ether oxygens (including phenoxy) is 1. The van der Waals surface area contributed by atoms with Gasteiger partial charge in [0.25, 0.3) is 5.91 Å². The molecule has 0 aromatic heterocycles. The molecule has 138 valence electrons. The van der Waals surface area contributed by atoms with E-state index in [0.29, 0.717) is 18.7 Å². The van der Waals surface area contributed by atoms with Crippen molar-refractivity contribution in [3.8, 4) is 0 Å². The van der Waals surface area contributed by atoms with Gasteiger partial charge in [-0.2, -0.15) is 0 Å². The molecule has 0 radical (unpaired) electrons. The molecule has 0 bridgehead atoms. The number of piperidine rings is 1. The Morgan fingerprint density at radius 1 is 1.28 bits per heavy atom. The van der Waals surface area contributed by atoms with Crippen LogP contribution in [-0.4, -0.2) is 53.6 Å². The van der Waals surface area contributed by atoms with Crippen LogP contribution in [0.2, 0.25) is 0 Å². The van der Waals surface area contributed by atoms with E-state index in [1.165, 1.54) is 0 Å². The predicted molar refractivity (Wildman–Crippen MR) is 110 cm³/mol. The van der Waals surface area contributed by atoms with Gasteiger partial charge in [0.15, 0.2) is 0 Å². The number of hydrogen-bond acceptors (Lipinski definition) is 3. The van der Waals surface area contributed by atoms with Crippen molar-refractivity contribution in [2.75, 3.05) is 20.1 Å². The topological polar surface area (TPSA) is 49.9 Å². The van der Waals surface area contributed by atoms with Crippen molar-refractivity contribution in [3.63, 3.8) is 0 Å². The lowest BCUT2D eigenvalue weighted by atomic mass is 10.0. The average molecular weight is 523 g/mol. The van der Waals surface area contributed by atoms with Gasteiger partial charge in [-0.3, -0.25) is 4.79 Å². The first-order valence-corrected chi connectivity index (χ1v) is 10.2. The highest BCUT2D eigenvalue weighted by Crippen LogP contribution is 2.26. The molecular weight excluding hydrogens is 499 g/mol. The van der Waals surface area contributed by atoms with Crippen molar-refractivity contribution < 1.29 is 14.3 Å². The molecule has 1 aromatic carbocycles. The van der Waals surface area contributed by atoms with Crippen LogP contribution in [0, 0.1) is 3.57 Å². The number of benzene rings is 1. The molecular formula is C18H24BrIN2O3. The first-order valence-electron chi connectivity index (χ1n) is 8.29. The second-order valence-electron chi connectivity index (χ2n) is 7.22. The van der Waals surface area contributed by atoms with Crippen LogP contribution in [-0.2, 0) is 4.74 Å². The highest BCUT2D eigenvalue weighted by Gasteiger charge is 2.30. The average Bonchev–Trinajstić information content (AvgIpc) is 2.54. The van der Waals surface area contributed by atoms with Gasteiger partial charge in [-0.15, -0.1) is 0 Å². The highest BCUT2D eigenvalue weighted by molar-refractivity contribution is 14.1. The molecule has 0 spiro atoms. The maximum Gasteiger partial charge on any atom is 0.410 e. The number of likely N-dealkylation sites (tertiary alicyclic amines) is 1. The SMILES string of the molecule is CN(C(=O)OC(C)(C)C)C1CCN(C(=O)c2cccc(I)c2Br)CC1. The first-order chi connectivity index (χ1) is 11.6. The van der Waals surface area contributed by atoms with Crippen LogP contribution in [0.4, 0.5) is 4.79 Å².